The minimum absolute atomic E-state index is 0.00362. The molecular formula is C21H31N3O6. The van der Waals surface area contributed by atoms with Crippen LogP contribution in [0.4, 0.5) is 0 Å². The highest BCUT2D eigenvalue weighted by Crippen LogP contribution is 2.40. The van der Waals surface area contributed by atoms with Crippen molar-refractivity contribution in [2.75, 3.05) is 34.5 Å². The highest BCUT2D eigenvalue weighted by molar-refractivity contribution is 5.75. The molecule has 0 fully saturated rings. The quantitative estimate of drug-likeness (QED) is 0.492. The Bertz CT molecular complexity index is 781. The molecule has 1 N–H and O–H groups in total. The van der Waals surface area contributed by atoms with Crippen molar-refractivity contribution in [2.45, 2.75) is 45.6 Å². The molecule has 2 aromatic rings. The van der Waals surface area contributed by atoms with E-state index in [2.05, 4.69) is 15.5 Å². The molecule has 0 aliphatic heterocycles. The Labute approximate surface area is 177 Å². The van der Waals surface area contributed by atoms with Gasteiger partial charge in [0.25, 0.3) is 0 Å². The van der Waals surface area contributed by atoms with Gasteiger partial charge in [-0.05, 0) is 38.8 Å². The first kappa shape index (κ1) is 23.5. The van der Waals surface area contributed by atoms with E-state index in [1.807, 2.05) is 13.8 Å². The summed E-state index contributed by atoms with van der Waals surface area (Å²) in [4.78, 5) is 16.3. The maximum absolute atomic E-state index is 11.9. The lowest BCUT2D eigenvalue weighted by Gasteiger charge is -2.12. The van der Waals surface area contributed by atoms with Crippen LogP contribution in [0.1, 0.15) is 39.0 Å². The summed E-state index contributed by atoms with van der Waals surface area (Å²) in [6, 6.07) is 3.51. The van der Waals surface area contributed by atoms with E-state index in [0.717, 1.165) is 6.42 Å². The van der Waals surface area contributed by atoms with Gasteiger partial charge in [-0.25, -0.2) is 0 Å². The minimum Gasteiger partial charge on any atom is -0.493 e. The van der Waals surface area contributed by atoms with Crippen molar-refractivity contribution >= 4 is 5.91 Å². The molecule has 1 heterocycles. The topological polar surface area (TPSA) is 105 Å². The number of nitrogens with zero attached hydrogens (tertiary/aromatic N) is 2. The second kappa shape index (κ2) is 12.0. The SMILES string of the molecule is COc1cc(-c2noc(CCCC(=O)NCCCOC(C)C)n2)cc(OC)c1OC. The second-order valence-electron chi connectivity index (χ2n) is 6.90. The smallest absolute Gasteiger partial charge is 0.226 e. The first-order chi connectivity index (χ1) is 14.5. The summed E-state index contributed by atoms with van der Waals surface area (Å²) in [5.74, 6) is 2.40. The Morgan fingerprint density at radius 1 is 1.10 bits per heavy atom. The monoisotopic (exact) mass is 421 g/mol. The lowest BCUT2D eigenvalue weighted by molar-refractivity contribution is -0.121. The standard InChI is InChI=1S/C21H31N3O6/c1-14(2)29-11-7-10-22-18(25)8-6-9-19-23-21(24-30-19)15-12-16(26-3)20(28-5)17(13-15)27-4/h12-14H,6-11H2,1-5H3,(H,22,25). The van der Waals surface area contributed by atoms with Crippen LogP contribution in [-0.2, 0) is 16.0 Å². The van der Waals surface area contributed by atoms with Crippen molar-refractivity contribution in [2.24, 2.45) is 0 Å². The number of carbonyl (C=O) groups is 1. The highest BCUT2D eigenvalue weighted by Gasteiger charge is 2.17. The number of hydrogen-bond acceptors (Lipinski definition) is 8. The van der Waals surface area contributed by atoms with Crippen molar-refractivity contribution in [3.05, 3.63) is 18.0 Å². The minimum atomic E-state index is 0.00362. The maximum atomic E-state index is 11.9. The molecular weight excluding hydrogens is 390 g/mol. The number of hydrogen-bond donors (Lipinski definition) is 1. The highest BCUT2D eigenvalue weighted by atomic mass is 16.5. The van der Waals surface area contributed by atoms with E-state index in [-0.39, 0.29) is 12.0 Å². The summed E-state index contributed by atoms with van der Waals surface area (Å²) in [6.45, 7) is 5.23. The number of ether oxygens (including phenoxy) is 4. The molecule has 1 aromatic carbocycles. The van der Waals surface area contributed by atoms with Crippen molar-refractivity contribution in [1.29, 1.82) is 0 Å². The van der Waals surface area contributed by atoms with Gasteiger partial charge >= 0.3 is 0 Å². The molecule has 0 saturated heterocycles. The molecule has 0 saturated carbocycles. The molecule has 0 bridgehead atoms. The number of nitrogens with one attached hydrogen (secondary N) is 1. The average Bonchev–Trinajstić information content (AvgIpc) is 3.21. The third-order valence-corrected chi connectivity index (χ3v) is 4.28. The molecule has 0 aliphatic rings. The first-order valence-corrected chi connectivity index (χ1v) is 9.99. The van der Waals surface area contributed by atoms with Crippen LogP contribution >= 0.6 is 0 Å². The Hall–Kier alpha value is -2.81. The Morgan fingerprint density at radius 2 is 1.80 bits per heavy atom. The summed E-state index contributed by atoms with van der Waals surface area (Å²) < 4.78 is 26.8. The maximum Gasteiger partial charge on any atom is 0.226 e. The van der Waals surface area contributed by atoms with Crippen molar-refractivity contribution in [1.82, 2.24) is 15.5 Å². The number of aromatic nitrogens is 2. The summed E-state index contributed by atoms with van der Waals surface area (Å²) >= 11 is 0. The number of rotatable bonds is 13. The van der Waals surface area contributed by atoms with Gasteiger partial charge in [0.1, 0.15) is 0 Å². The normalized spacial score (nSPS) is 10.9. The average molecular weight is 421 g/mol. The van der Waals surface area contributed by atoms with Gasteiger partial charge in [-0.1, -0.05) is 5.16 Å². The zero-order chi connectivity index (χ0) is 21.9. The summed E-state index contributed by atoms with van der Waals surface area (Å²) in [7, 11) is 4.64. The van der Waals surface area contributed by atoms with Crippen LogP contribution in [0.2, 0.25) is 0 Å². The lowest BCUT2D eigenvalue weighted by atomic mass is 10.1. The van der Waals surface area contributed by atoms with Crippen molar-refractivity contribution in [3.63, 3.8) is 0 Å². The largest absolute Gasteiger partial charge is 0.493 e. The first-order valence-electron chi connectivity index (χ1n) is 9.99. The molecule has 0 unspecified atom stereocenters. The number of benzene rings is 1. The fraction of sp³-hybridized carbons (Fsp3) is 0.571. The fourth-order valence-electron chi connectivity index (χ4n) is 2.79. The molecule has 1 amide bonds. The van der Waals surface area contributed by atoms with Gasteiger partial charge in [-0.15, -0.1) is 0 Å². The fourth-order valence-corrected chi connectivity index (χ4v) is 2.79. The number of carbonyl (C=O) groups excluding carboxylic acids is 1. The van der Waals surface area contributed by atoms with Crippen molar-refractivity contribution in [3.8, 4) is 28.6 Å². The molecule has 30 heavy (non-hydrogen) atoms. The van der Waals surface area contributed by atoms with Gasteiger partial charge in [-0.2, -0.15) is 4.98 Å². The van der Waals surface area contributed by atoms with E-state index in [0.29, 0.717) is 66.9 Å². The van der Waals surface area contributed by atoms with Gasteiger partial charge in [0.2, 0.25) is 23.4 Å². The van der Waals surface area contributed by atoms with Crippen LogP contribution in [0.25, 0.3) is 11.4 Å². The van der Waals surface area contributed by atoms with E-state index >= 15 is 0 Å². The summed E-state index contributed by atoms with van der Waals surface area (Å²) in [5, 5.41) is 6.91. The van der Waals surface area contributed by atoms with Gasteiger partial charge in [0, 0.05) is 31.6 Å². The predicted octanol–water partition coefficient (Wildman–Crippen LogP) is 3.02. The molecule has 1 aromatic heterocycles. The Morgan fingerprint density at radius 3 is 2.40 bits per heavy atom. The van der Waals surface area contributed by atoms with E-state index < -0.39 is 0 Å². The van der Waals surface area contributed by atoms with Crippen LogP contribution in [-0.4, -0.2) is 56.6 Å². The molecule has 2 rings (SSSR count). The third-order valence-electron chi connectivity index (χ3n) is 4.28. The van der Waals surface area contributed by atoms with E-state index in [9.17, 15) is 4.79 Å². The van der Waals surface area contributed by atoms with Gasteiger partial charge in [-0.3, -0.25) is 4.79 Å². The van der Waals surface area contributed by atoms with Crippen LogP contribution < -0.4 is 19.5 Å². The zero-order valence-electron chi connectivity index (χ0n) is 18.3. The van der Waals surface area contributed by atoms with E-state index in [4.69, 9.17) is 23.5 Å². The van der Waals surface area contributed by atoms with Crippen LogP contribution in [0.3, 0.4) is 0 Å². The Balaban J connectivity index is 1.85. The molecule has 0 spiro atoms. The van der Waals surface area contributed by atoms with Crippen LogP contribution in [0.15, 0.2) is 16.7 Å². The predicted molar refractivity (Wildman–Crippen MR) is 111 cm³/mol. The Kier molecular flexibility index (Phi) is 9.40. The lowest BCUT2D eigenvalue weighted by Crippen LogP contribution is -2.25. The zero-order valence-corrected chi connectivity index (χ0v) is 18.3. The van der Waals surface area contributed by atoms with Gasteiger partial charge in [0.15, 0.2) is 11.5 Å². The van der Waals surface area contributed by atoms with Gasteiger partial charge in [0.05, 0.1) is 27.4 Å². The molecule has 0 aliphatic carbocycles. The van der Waals surface area contributed by atoms with Gasteiger partial charge < -0.3 is 28.8 Å². The van der Waals surface area contributed by atoms with E-state index in [1.54, 1.807) is 33.5 Å². The van der Waals surface area contributed by atoms with Crippen LogP contribution in [0.5, 0.6) is 17.2 Å². The molecule has 0 atom stereocenters. The van der Waals surface area contributed by atoms with Crippen LogP contribution in [0, 0.1) is 0 Å². The molecule has 9 nitrogen and oxygen atoms in total. The molecule has 0 radical (unpaired) electrons. The summed E-state index contributed by atoms with van der Waals surface area (Å²) in [6.07, 6.45) is 2.53. The number of amides is 1. The van der Waals surface area contributed by atoms with E-state index in [1.165, 1.54) is 0 Å². The molecule has 166 valence electrons. The second-order valence-corrected chi connectivity index (χ2v) is 6.90. The van der Waals surface area contributed by atoms with Crippen molar-refractivity contribution < 1.29 is 28.3 Å². The number of methoxy groups -OCH3 is 3. The third kappa shape index (κ3) is 6.91. The number of aryl methyl sites for hydroxylation is 1. The summed E-state index contributed by atoms with van der Waals surface area (Å²) in [5.41, 5.74) is 0.681. The molecule has 9 heteroatoms.